The van der Waals surface area contributed by atoms with E-state index >= 15 is 0 Å². The van der Waals surface area contributed by atoms with Crippen LogP contribution in [0.3, 0.4) is 0 Å². The first kappa shape index (κ1) is 14.7. The Balaban J connectivity index is 4.67. The van der Waals surface area contributed by atoms with Crippen molar-refractivity contribution < 1.29 is 19.4 Å². The van der Waals surface area contributed by atoms with Crippen molar-refractivity contribution in [3.05, 3.63) is 11.1 Å². The lowest BCUT2D eigenvalue weighted by atomic mass is 10.0. The lowest BCUT2D eigenvalue weighted by molar-refractivity contribution is -0.140. The Labute approximate surface area is 96.3 Å². The maximum Gasteiger partial charge on any atom is 0.334 e. The van der Waals surface area contributed by atoms with Crippen LogP contribution in [0.4, 0.5) is 0 Å². The largest absolute Gasteiger partial charge is 0.478 e. The van der Waals surface area contributed by atoms with Crippen LogP contribution in [0.25, 0.3) is 0 Å². The number of aliphatic carboxylic acids is 1. The van der Waals surface area contributed by atoms with Crippen LogP contribution in [0.1, 0.15) is 46.5 Å². The molecular weight excluding hydrogens is 208 g/mol. The number of esters is 1. The van der Waals surface area contributed by atoms with E-state index in [0.29, 0.717) is 13.0 Å². The molecular formula is C12H20O4. The van der Waals surface area contributed by atoms with Gasteiger partial charge in [-0.15, -0.1) is 0 Å². The fourth-order valence-electron chi connectivity index (χ4n) is 1.23. The van der Waals surface area contributed by atoms with Gasteiger partial charge in [0.2, 0.25) is 0 Å². The van der Waals surface area contributed by atoms with Crippen molar-refractivity contribution in [2.75, 3.05) is 6.61 Å². The van der Waals surface area contributed by atoms with Gasteiger partial charge in [0.25, 0.3) is 0 Å². The summed E-state index contributed by atoms with van der Waals surface area (Å²) < 4.78 is 4.90. The molecule has 0 aliphatic heterocycles. The zero-order valence-corrected chi connectivity index (χ0v) is 10.2. The highest BCUT2D eigenvalue weighted by Crippen LogP contribution is 2.14. The molecule has 0 amide bonds. The van der Waals surface area contributed by atoms with E-state index in [4.69, 9.17) is 9.84 Å². The summed E-state index contributed by atoms with van der Waals surface area (Å²) in [5.74, 6) is -1.55. The summed E-state index contributed by atoms with van der Waals surface area (Å²) in [4.78, 5) is 22.4. The van der Waals surface area contributed by atoms with E-state index in [-0.39, 0.29) is 11.1 Å². The van der Waals surface area contributed by atoms with E-state index in [1.54, 1.807) is 0 Å². The minimum atomic E-state index is -1.03. The van der Waals surface area contributed by atoms with Crippen LogP contribution in [0, 0.1) is 0 Å². The molecule has 4 heteroatoms. The standard InChI is InChI=1S/C12H20O4/c1-4-6-7-10(11(13)14)9(3)12(15)16-8-5-2/h4-8H2,1-3H3,(H,13,14). The highest BCUT2D eigenvalue weighted by Gasteiger charge is 2.17. The van der Waals surface area contributed by atoms with Crippen LogP contribution >= 0.6 is 0 Å². The predicted molar refractivity (Wildman–Crippen MR) is 61.1 cm³/mol. The molecule has 0 heterocycles. The Hall–Kier alpha value is -1.32. The van der Waals surface area contributed by atoms with Gasteiger partial charge in [0, 0.05) is 11.1 Å². The van der Waals surface area contributed by atoms with Crippen LogP contribution in [-0.2, 0) is 14.3 Å². The molecule has 0 aliphatic carbocycles. The number of unbranched alkanes of at least 4 members (excludes halogenated alkanes) is 1. The molecule has 0 atom stereocenters. The molecule has 0 aliphatic rings. The van der Waals surface area contributed by atoms with Crippen molar-refractivity contribution in [2.24, 2.45) is 0 Å². The number of carbonyl (C=O) groups is 2. The number of rotatable bonds is 7. The number of carboxylic acids is 1. The zero-order valence-electron chi connectivity index (χ0n) is 10.2. The van der Waals surface area contributed by atoms with E-state index in [9.17, 15) is 9.59 Å². The first-order chi connectivity index (χ1) is 7.54. The topological polar surface area (TPSA) is 63.6 Å². The number of carboxylic acid groups (broad SMARTS) is 1. The van der Waals surface area contributed by atoms with E-state index in [0.717, 1.165) is 19.3 Å². The van der Waals surface area contributed by atoms with Crippen molar-refractivity contribution >= 4 is 11.9 Å². The Bertz CT molecular complexity index is 279. The first-order valence-corrected chi connectivity index (χ1v) is 5.64. The zero-order chi connectivity index (χ0) is 12.6. The normalized spacial score (nSPS) is 11.9. The minimum Gasteiger partial charge on any atom is -0.478 e. The molecule has 16 heavy (non-hydrogen) atoms. The van der Waals surface area contributed by atoms with Crippen LogP contribution in [0.5, 0.6) is 0 Å². The molecule has 0 aromatic carbocycles. The summed E-state index contributed by atoms with van der Waals surface area (Å²) in [5.41, 5.74) is 0.386. The van der Waals surface area contributed by atoms with Crippen molar-refractivity contribution in [3.8, 4) is 0 Å². The second-order valence-electron chi connectivity index (χ2n) is 3.65. The molecule has 4 nitrogen and oxygen atoms in total. The maximum absolute atomic E-state index is 11.5. The van der Waals surface area contributed by atoms with Gasteiger partial charge in [0.15, 0.2) is 0 Å². The number of hydrogen-bond donors (Lipinski definition) is 1. The van der Waals surface area contributed by atoms with Crippen LogP contribution in [-0.4, -0.2) is 23.7 Å². The molecule has 0 bridgehead atoms. The second-order valence-corrected chi connectivity index (χ2v) is 3.65. The van der Waals surface area contributed by atoms with Crippen molar-refractivity contribution in [2.45, 2.75) is 46.5 Å². The molecule has 0 aromatic heterocycles. The van der Waals surface area contributed by atoms with Crippen LogP contribution < -0.4 is 0 Å². The molecule has 0 unspecified atom stereocenters. The maximum atomic E-state index is 11.5. The van der Waals surface area contributed by atoms with Crippen molar-refractivity contribution in [1.82, 2.24) is 0 Å². The fraction of sp³-hybridized carbons (Fsp3) is 0.667. The van der Waals surface area contributed by atoms with E-state index in [1.807, 2.05) is 13.8 Å². The fourth-order valence-corrected chi connectivity index (χ4v) is 1.23. The van der Waals surface area contributed by atoms with Crippen molar-refractivity contribution in [3.63, 3.8) is 0 Å². The Morgan fingerprint density at radius 2 is 1.81 bits per heavy atom. The third-order valence-corrected chi connectivity index (χ3v) is 2.23. The SMILES string of the molecule is CCCCC(C(=O)O)=C(C)C(=O)OCCC. The monoisotopic (exact) mass is 228 g/mol. The molecule has 0 saturated heterocycles. The average Bonchev–Trinajstić information content (AvgIpc) is 2.25. The molecule has 0 spiro atoms. The van der Waals surface area contributed by atoms with Gasteiger partial charge in [0.05, 0.1) is 6.61 Å². The molecule has 0 aromatic rings. The van der Waals surface area contributed by atoms with Gasteiger partial charge >= 0.3 is 11.9 Å². The summed E-state index contributed by atoms with van der Waals surface area (Å²) in [6, 6.07) is 0. The molecule has 0 fully saturated rings. The smallest absolute Gasteiger partial charge is 0.334 e. The minimum absolute atomic E-state index is 0.169. The summed E-state index contributed by atoms with van der Waals surface area (Å²) in [5, 5.41) is 8.98. The first-order valence-electron chi connectivity index (χ1n) is 5.64. The summed E-state index contributed by atoms with van der Waals surface area (Å²) in [6.45, 7) is 5.71. The Morgan fingerprint density at radius 3 is 2.25 bits per heavy atom. The van der Waals surface area contributed by atoms with Gasteiger partial charge in [-0.1, -0.05) is 20.3 Å². The van der Waals surface area contributed by atoms with Crippen LogP contribution in [0.2, 0.25) is 0 Å². The van der Waals surface area contributed by atoms with Crippen molar-refractivity contribution in [1.29, 1.82) is 0 Å². The predicted octanol–water partition coefficient (Wildman–Crippen LogP) is 2.53. The van der Waals surface area contributed by atoms with E-state index < -0.39 is 11.9 Å². The number of ether oxygens (including phenoxy) is 1. The Kier molecular flexibility index (Phi) is 7.25. The van der Waals surface area contributed by atoms with Gasteiger partial charge in [-0.25, -0.2) is 9.59 Å². The van der Waals surface area contributed by atoms with Gasteiger partial charge in [-0.05, 0) is 26.2 Å². The summed E-state index contributed by atoms with van der Waals surface area (Å²) in [6.07, 6.45) is 2.81. The van der Waals surface area contributed by atoms with Gasteiger partial charge in [-0.3, -0.25) is 0 Å². The summed E-state index contributed by atoms with van der Waals surface area (Å²) >= 11 is 0. The van der Waals surface area contributed by atoms with Gasteiger partial charge in [0.1, 0.15) is 0 Å². The van der Waals surface area contributed by atoms with E-state index in [1.165, 1.54) is 6.92 Å². The lowest BCUT2D eigenvalue weighted by Crippen LogP contribution is -2.13. The Morgan fingerprint density at radius 1 is 1.19 bits per heavy atom. The van der Waals surface area contributed by atoms with Gasteiger partial charge in [-0.2, -0.15) is 0 Å². The molecule has 1 N–H and O–H groups in total. The summed E-state index contributed by atoms with van der Waals surface area (Å²) in [7, 11) is 0. The number of hydrogen-bond acceptors (Lipinski definition) is 3. The average molecular weight is 228 g/mol. The highest BCUT2D eigenvalue weighted by molar-refractivity contribution is 5.99. The van der Waals surface area contributed by atoms with Gasteiger partial charge < -0.3 is 9.84 Å². The van der Waals surface area contributed by atoms with E-state index in [2.05, 4.69) is 0 Å². The second kappa shape index (κ2) is 7.91. The molecule has 0 radical (unpaired) electrons. The third kappa shape index (κ3) is 4.96. The quantitative estimate of drug-likeness (QED) is 0.537. The molecule has 0 saturated carbocycles. The van der Waals surface area contributed by atoms with Crippen LogP contribution in [0.15, 0.2) is 11.1 Å². The third-order valence-electron chi connectivity index (χ3n) is 2.23. The molecule has 92 valence electrons. The lowest BCUT2D eigenvalue weighted by Gasteiger charge is -2.07. The highest BCUT2D eigenvalue weighted by atomic mass is 16.5. The number of carbonyl (C=O) groups excluding carboxylic acids is 1. The molecule has 0 rings (SSSR count).